The number of pyridine rings is 2. The van der Waals surface area contributed by atoms with Crippen LogP contribution in [0.3, 0.4) is 0 Å². The van der Waals surface area contributed by atoms with E-state index in [-0.39, 0.29) is 0 Å². The minimum absolute atomic E-state index is 0.863. The van der Waals surface area contributed by atoms with E-state index in [1.807, 2.05) is 42.7 Å². The van der Waals surface area contributed by atoms with Crippen LogP contribution in [0.15, 0.2) is 84.1 Å². The number of hydrogen-bond acceptors (Lipinski definition) is 4. The SMILES string of the molecule is c1cncc(-c2cc3c(-c4cc5c(-c6ccoc6)cccc5[nH]4)n[nH]c3cn2)c1. The Hall–Kier alpha value is -4.19. The van der Waals surface area contributed by atoms with Gasteiger partial charge < -0.3 is 9.40 Å². The van der Waals surface area contributed by atoms with Crippen LogP contribution in [0.5, 0.6) is 0 Å². The lowest BCUT2D eigenvalue weighted by atomic mass is 10.0. The summed E-state index contributed by atoms with van der Waals surface area (Å²) >= 11 is 0. The van der Waals surface area contributed by atoms with E-state index < -0.39 is 0 Å². The molecule has 1 aromatic carbocycles. The highest BCUT2D eigenvalue weighted by molar-refractivity contribution is 6.01. The lowest BCUT2D eigenvalue weighted by molar-refractivity contribution is 0.568. The van der Waals surface area contributed by atoms with E-state index in [2.05, 4.69) is 43.3 Å². The monoisotopic (exact) mass is 377 g/mol. The summed E-state index contributed by atoms with van der Waals surface area (Å²) in [5.74, 6) is 0. The van der Waals surface area contributed by atoms with Crippen molar-refractivity contribution < 1.29 is 4.42 Å². The minimum Gasteiger partial charge on any atom is -0.472 e. The van der Waals surface area contributed by atoms with Gasteiger partial charge in [0.2, 0.25) is 0 Å². The van der Waals surface area contributed by atoms with Gasteiger partial charge in [0, 0.05) is 39.8 Å². The predicted octanol–water partition coefficient (Wildman–Crippen LogP) is 5.43. The van der Waals surface area contributed by atoms with E-state index >= 15 is 0 Å². The summed E-state index contributed by atoms with van der Waals surface area (Å²) in [6, 6.07) is 16.3. The molecule has 5 aromatic heterocycles. The van der Waals surface area contributed by atoms with E-state index in [4.69, 9.17) is 4.42 Å². The number of benzene rings is 1. The van der Waals surface area contributed by atoms with Crippen LogP contribution in [0.2, 0.25) is 0 Å². The van der Waals surface area contributed by atoms with Gasteiger partial charge in [0.15, 0.2) is 0 Å². The van der Waals surface area contributed by atoms with Crippen molar-refractivity contribution >= 4 is 21.8 Å². The van der Waals surface area contributed by atoms with Crippen LogP contribution in [0.25, 0.3) is 55.6 Å². The highest BCUT2D eigenvalue weighted by Gasteiger charge is 2.15. The summed E-state index contributed by atoms with van der Waals surface area (Å²) in [6.07, 6.45) is 8.84. The standard InChI is InChI=1S/C23H15N5O/c1-4-16(15-6-8-29-13-15)17-9-21(26-19(17)5-1)23-18-10-20(14-3-2-7-24-11-14)25-12-22(18)27-28-23/h1-13,26H,(H,27,28). The zero-order chi connectivity index (χ0) is 19.2. The molecule has 2 N–H and O–H groups in total. The smallest absolute Gasteiger partial charge is 0.116 e. The molecule has 0 radical (unpaired) electrons. The number of nitrogens with one attached hydrogen (secondary N) is 2. The van der Waals surface area contributed by atoms with E-state index in [9.17, 15) is 0 Å². The molecule has 0 saturated heterocycles. The van der Waals surface area contributed by atoms with Gasteiger partial charge in [-0.2, -0.15) is 5.10 Å². The first-order valence-electron chi connectivity index (χ1n) is 9.26. The van der Waals surface area contributed by atoms with Crippen LogP contribution in [0.1, 0.15) is 0 Å². The second-order valence-electron chi connectivity index (χ2n) is 6.89. The van der Waals surface area contributed by atoms with E-state index in [1.165, 1.54) is 0 Å². The molecule has 6 rings (SSSR count). The predicted molar refractivity (Wildman–Crippen MR) is 112 cm³/mol. The van der Waals surface area contributed by atoms with Crippen LogP contribution in [-0.2, 0) is 0 Å². The lowest BCUT2D eigenvalue weighted by Gasteiger charge is -2.00. The van der Waals surface area contributed by atoms with Gasteiger partial charge in [-0.1, -0.05) is 12.1 Å². The molecule has 0 spiro atoms. The Bertz CT molecular complexity index is 1450. The highest BCUT2D eigenvalue weighted by Crippen LogP contribution is 2.34. The highest BCUT2D eigenvalue weighted by atomic mass is 16.3. The van der Waals surface area contributed by atoms with Gasteiger partial charge in [0.1, 0.15) is 5.69 Å². The average Bonchev–Trinajstić information content (AvgIpc) is 3.52. The molecule has 138 valence electrons. The Kier molecular flexibility index (Phi) is 3.37. The van der Waals surface area contributed by atoms with Crippen LogP contribution in [0.4, 0.5) is 0 Å². The summed E-state index contributed by atoms with van der Waals surface area (Å²) in [7, 11) is 0. The van der Waals surface area contributed by atoms with Crippen LogP contribution >= 0.6 is 0 Å². The normalized spacial score (nSPS) is 11.4. The third-order valence-corrected chi connectivity index (χ3v) is 5.16. The fourth-order valence-corrected chi connectivity index (χ4v) is 3.75. The van der Waals surface area contributed by atoms with Crippen LogP contribution in [-0.4, -0.2) is 25.1 Å². The Balaban J connectivity index is 1.53. The van der Waals surface area contributed by atoms with Crippen molar-refractivity contribution in [1.29, 1.82) is 0 Å². The molecule has 0 aliphatic carbocycles. The molecule has 0 atom stereocenters. The molecule has 0 aliphatic heterocycles. The van der Waals surface area contributed by atoms with Crippen molar-refractivity contribution in [3.63, 3.8) is 0 Å². The number of aromatic nitrogens is 5. The summed E-state index contributed by atoms with van der Waals surface area (Å²) < 4.78 is 5.27. The van der Waals surface area contributed by atoms with Crippen molar-refractivity contribution in [3.05, 3.63) is 79.6 Å². The molecular formula is C23H15N5O. The third kappa shape index (κ3) is 2.54. The van der Waals surface area contributed by atoms with E-state index in [0.717, 1.165) is 55.6 Å². The number of aromatic amines is 2. The minimum atomic E-state index is 0.863. The Labute approximate surface area is 165 Å². The molecule has 6 heteroatoms. The molecule has 0 fully saturated rings. The van der Waals surface area contributed by atoms with Gasteiger partial charge in [-0.15, -0.1) is 0 Å². The number of H-pyrrole nitrogens is 2. The van der Waals surface area contributed by atoms with Gasteiger partial charge in [0.05, 0.1) is 35.6 Å². The first kappa shape index (κ1) is 15.8. The molecule has 0 bridgehead atoms. The molecule has 5 heterocycles. The number of hydrogen-bond donors (Lipinski definition) is 2. The zero-order valence-electron chi connectivity index (χ0n) is 15.3. The molecule has 6 aromatic rings. The largest absolute Gasteiger partial charge is 0.472 e. The second-order valence-corrected chi connectivity index (χ2v) is 6.89. The average molecular weight is 377 g/mol. The summed E-state index contributed by atoms with van der Waals surface area (Å²) in [6.45, 7) is 0. The van der Waals surface area contributed by atoms with Gasteiger partial charge in [0.25, 0.3) is 0 Å². The first-order chi connectivity index (χ1) is 14.4. The Morgan fingerprint density at radius 2 is 1.86 bits per heavy atom. The maximum absolute atomic E-state index is 5.27. The third-order valence-electron chi connectivity index (χ3n) is 5.16. The molecule has 0 amide bonds. The quantitative estimate of drug-likeness (QED) is 0.431. The van der Waals surface area contributed by atoms with Crippen molar-refractivity contribution in [2.24, 2.45) is 0 Å². The van der Waals surface area contributed by atoms with Crippen molar-refractivity contribution in [3.8, 4) is 33.8 Å². The van der Waals surface area contributed by atoms with Crippen molar-refractivity contribution in [2.45, 2.75) is 0 Å². The van der Waals surface area contributed by atoms with Gasteiger partial charge in [-0.05, 0) is 42.0 Å². The first-order valence-corrected chi connectivity index (χ1v) is 9.26. The maximum atomic E-state index is 5.27. The number of furan rings is 1. The Morgan fingerprint density at radius 1 is 0.862 bits per heavy atom. The molecule has 0 saturated carbocycles. The topological polar surface area (TPSA) is 83.4 Å². The Morgan fingerprint density at radius 3 is 2.72 bits per heavy atom. The van der Waals surface area contributed by atoms with Crippen molar-refractivity contribution in [2.75, 3.05) is 0 Å². The van der Waals surface area contributed by atoms with Crippen LogP contribution < -0.4 is 0 Å². The number of fused-ring (bicyclic) bond motifs is 2. The van der Waals surface area contributed by atoms with Crippen LogP contribution in [0, 0.1) is 0 Å². The summed E-state index contributed by atoms with van der Waals surface area (Å²) in [4.78, 5) is 12.2. The van der Waals surface area contributed by atoms with Gasteiger partial charge in [-0.25, -0.2) is 0 Å². The molecule has 0 unspecified atom stereocenters. The van der Waals surface area contributed by atoms with Gasteiger partial charge >= 0.3 is 0 Å². The summed E-state index contributed by atoms with van der Waals surface area (Å²) in [5.41, 5.74) is 7.77. The molecular weight excluding hydrogens is 362 g/mol. The number of rotatable bonds is 3. The number of nitrogens with zero attached hydrogens (tertiary/aromatic N) is 3. The molecule has 0 aliphatic rings. The molecule has 6 nitrogen and oxygen atoms in total. The maximum Gasteiger partial charge on any atom is 0.116 e. The fraction of sp³-hybridized carbons (Fsp3) is 0. The lowest BCUT2D eigenvalue weighted by Crippen LogP contribution is -1.85. The van der Waals surface area contributed by atoms with E-state index in [0.29, 0.717) is 0 Å². The second kappa shape index (κ2) is 6.17. The van der Waals surface area contributed by atoms with Gasteiger partial charge in [-0.3, -0.25) is 15.1 Å². The van der Waals surface area contributed by atoms with E-state index in [1.54, 1.807) is 18.7 Å². The fourth-order valence-electron chi connectivity index (χ4n) is 3.75. The zero-order valence-corrected chi connectivity index (χ0v) is 15.3. The summed E-state index contributed by atoms with van der Waals surface area (Å²) in [5, 5.41) is 9.78. The van der Waals surface area contributed by atoms with Crippen molar-refractivity contribution in [1.82, 2.24) is 25.1 Å². The molecule has 29 heavy (non-hydrogen) atoms.